The fraction of sp³-hybridized carbons (Fsp3) is 0.438. The van der Waals surface area contributed by atoms with Crippen molar-refractivity contribution in [1.82, 2.24) is 5.32 Å². The molecule has 0 aromatic heterocycles. The number of benzene rings is 1. The van der Waals surface area contributed by atoms with Gasteiger partial charge < -0.3 is 20.1 Å². The smallest absolute Gasteiger partial charge is 0.338 e. The Kier molecular flexibility index (Phi) is 7.59. The van der Waals surface area contributed by atoms with Crippen molar-refractivity contribution in [2.45, 2.75) is 26.8 Å². The number of rotatable bonds is 8. The minimum Gasteiger partial charge on any atom is -0.465 e. The van der Waals surface area contributed by atoms with Crippen LogP contribution in [0.15, 0.2) is 24.3 Å². The van der Waals surface area contributed by atoms with Gasteiger partial charge in [-0.15, -0.1) is 0 Å². The summed E-state index contributed by atoms with van der Waals surface area (Å²) in [6, 6.07) is 5.95. The number of nitrogens with one attached hydrogen (secondary N) is 2. The third-order valence-corrected chi connectivity index (χ3v) is 2.86. The Labute approximate surface area is 135 Å². The summed E-state index contributed by atoms with van der Waals surface area (Å²) < 4.78 is 9.62. The van der Waals surface area contributed by atoms with Gasteiger partial charge in [-0.2, -0.15) is 0 Å². The highest BCUT2D eigenvalue weighted by atomic mass is 16.5. The fourth-order valence-corrected chi connectivity index (χ4v) is 1.75. The van der Waals surface area contributed by atoms with Crippen LogP contribution in [0.2, 0.25) is 0 Å². The molecule has 126 valence electrons. The Morgan fingerprint density at radius 2 is 1.65 bits per heavy atom. The van der Waals surface area contributed by atoms with Crippen LogP contribution >= 0.6 is 0 Å². The van der Waals surface area contributed by atoms with E-state index in [0.29, 0.717) is 5.69 Å². The summed E-state index contributed by atoms with van der Waals surface area (Å²) >= 11 is 0. The molecule has 0 bridgehead atoms. The summed E-state index contributed by atoms with van der Waals surface area (Å²) in [7, 11) is 0. The van der Waals surface area contributed by atoms with Crippen molar-refractivity contribution < 1.29 is 23.9 Å². The van der Waals surface area contributed by atoms with E-state index in [-0.39, 0.29) is 19.8 Å². The minimum absolute atomic E-state index is 0.149. The molecule has 1 aromatic rings. The average molecular weight is 322 g/mol. The monoisotopic (exact) mass is 322 g/mol. The van der Waals surface area contributed by atoms with Crippen LogP contribution in [0.5, 0.6) is 0 Å². The number of carbonyl (C=O) groups excluding carboxylic acids is 3. The maximum Gasteiger partial charge on any atom is 0.338 e. The molecule has 7 nitrogen and oxygen atoms in total. The lowest BCUT2D eigenvalue weighted by Gasteiger charge is -2.18. The lowest BCUT2D eigenvalue weighted by molar-refractivity contribution is -0.149. The molecular formula is C16H22N2O5. The summed E-state index contributed by atoms with van der Waals surface area (Å²) in [5, 5.41) is 5.17. The number of ether oxygens (including phenoxy) is 2. The molecule has 0 unspecified atom stereocenters. The minimum atomic E-state index is -1.24. The highest BCUT2D eigenvalue weighted by molar-refractivity contribution is 6.05. The van der Waals surface area contributed by atoms with Gasteiger partial charge in [-0.3, -0.25) is 9.59 Å². The predicted octanol–water partition coefficient (Wildman–Crippen LogP) is 1.02. The summed E-state index contributed by atoms with van der Waals surface area (Å²) in [6.45, 7) is 5.31. The number of esters is 2. The highest BCUT2D eigenvalue weighted by Crippen LogP contribution is 2.11. The quantitative estimate of drug-likeness (QED) is 0.548. The van der Waals surface area contributed by atoms with Crippen molar-refractivity contribution in [3.8, 4) is 0 Å². The first-order valence-corrected chi connectivity index (χ1v) is 7.41. The van der Waals surface area contributed by atoms with Crippen LogP contribution in [0, 0.1) is 6.92 Å². The van der Waals surface area contributed by atoms with Crippen LogP contribution in [0.1, 0.15) is 19.4 Å². The topological polar surface area (TPSA) is 93.7 Å². The second kappa shape index (κ2) is 9.45. The number of hydrogen-bond acceptors (Lipinski definition) is 6. The molecule has 0 aliphatic carbocycles. The number of hydrogen-bond donors (Lipinski definition) is 2. The zero-order valence-electron chi connectivity index (χ0n) is 13.5. The van der Waals surface area contributed by atoms with Gasteiger partial charge in [0.15, 0.2) is 0 Å². The molecular weight excluding hydrogens is 300 g/mol. The van der Waals surface area contributed by atoms with E-state index in [1.54, 1.807) is 26.0 Å². The number of anilines is 1. The SMILES string of the molecule is CCOC(=O)CNC(=O)[C@@H](Nc1ccc(C)cc1)C(=O)OCC. The van der Waals surface area contributed by atoms with E-state index in [0.717, 1.165) is 5.56 Å². The van der Waals surface area contributed by atoms with Crippen LogP contribution in [-0.2, 0) is 23.9 Å². The Balaban J connectivity index is 2.75. The van der Waals surface area contributed by atoms with Crippen molar-refractivity contribution in [3.05, 3.63) is 29.8 Å². The molecule has 2 N–H and O–H groups in total. The van der Waals surface area contributed by atoms with E-state index >= 15 is 0 Å². The third-order valence-electron chi connectivity index (χ3n) is 2.86. The first-order chi connectivity index (χ1) is 11.0. The maximum absolute atomic E-state index is 12.2. The normalized spacial score (nSPS) is 11.3. The van der Waals surface area contributed by atoms with Crippen molar-refractivity contribution in [2.24, 2.45) is 0 Å². The van der Waals surface area contributed by atoms with Crippen LogP contribution in [0.3, 0.4) is 0 Å². The summed E-state index contributed by atoms with van der Waals surface area (Å²) in [4.78, 5) is 35.4. The van der Waals surface area contributed by atoms with Gasteiger partial charge in [-0.25, -0.2) is 4.79 Å². The summed E-state index contributed by atoms with van der Waals surface area (Å²) in [6.07, 6.45) is 0. The standard InChI is InChI=1S/C16H22N2O5/c1-4-22-13(19)10-17-15(20)14(16(21)23-5-2)18-12-8-6-11(3)7-9-12/h6-9,14,18H,4-5,10H2,1-3H3,(H,17,20)/t14-/m1/s1. The lowest BCUT2D eigenvalue weighted by Crippen LogP contribution is -2.47. The molecule has 7 heteroatoms. The van der Waals surface area contributed by atoms with Crippen molar-refractivity contribution in [2.75, 3.05) is 25.1 Å². The van der Waals surface area contributed by atoms with E-state index in [1.807, 2.05) is 19.1 Å². The molecule has 0 aliphatic heterocycles. The van der Waals surface area contributed by atoms with Crippen LogP contribution < -0.4 is 10.6 Å². The molecule has 0 spiro atoms. The second-order valence-electron chi connectivity index (χ2n) is 4.72. The number of aryl methyl sites for hydroxylation is 1. The van der Waals surface area contributed by atoms with E-state index in [4.69, 9.17) is 9.47 Å². The fourth-order valence-electron chi connectivity index (χ4n) is 1.75. The Hall–Kier alpha value is -2.57. The summed E-state index contributed by atoms with van der Waals surface area (Å²) in [5.74, 6) is -1.94. The first-order valence-electron chi connectivity index (χ1n) is 7.41. The molecule has 23 heavy (non-hydrogen) atoms. The largest absolute Gasteiger partial charge is 0.465 e. The van der Waals surface area contributed by atoms with Crippen LogP contribution in [0.25, 0.3) is 0 Å². The second-order valence-corrected chi connectivity index (χ2v) is 4.72. The van der Waals surface area contributed by atoms with E-state index in [2.05, 4.69) is 10.6 Å². The van der Waals surface area contributed by atoms with Gasteiger partial charge >= 0.3 is 11.9 Å². The third kappa shape index (κ3) is 6.37. The molecule has 1 aromatic carbocycles. The first kappa shape index (κ1) is 18.5. The van der Waals surface area contributed by atoms with E-state index in [1.165, 1.54) is 0 Å². The molecule has 0 heterocycles. The zero-order valence-corrected chi connectivity index (χ0v) is 13.5. The van der Waals surface area contributed by atoms with Crippen molar-refractivity contribution in [3.63, 3.8) is 0 Å². The lowest BCUT2D eigenvalue weighted by atomic mass is 10.2. The van der Waals surface area contributed by atoms with Gasteiger partial charge in [0, 0.05) is 5.69 Å². The Bertz CT molecular complexity index is 542. The Morgan fingerprint density at radius 1 is 1.04 bits per heavy atom. The van der Waals surface area contributed by atoms with Crippen LogP contribution in [0.4, 0.5) is 5.69 Å². The number of carbonyl (C=O) groups is 3. The molecule has 0 saturated carbocycles. The Morgan fingerprint density at radius 3 is 2.22 bits per heavy atom. The van der Waals surface area contributed by atoms with Crippen molar-refractivity contribution >= 4 is 23.5 Å². The van der Waals surface area contributed by atoms with E-state index in [9.17, 15) is 14.4 Å². The highest BCUT2D eigenvalue weighted by Gasteiger charge is 2.28. The van der Waals surface area contributed by atoms with Gasteiger partial charge in [0.2, 0.25) is 6.04 Å². The molecule has 0 fully saturated rings. The van der Waals surface area contributed by atoms with Gasteiger partial charge in [-0.05, 0) is 32.9 Å². The molecule has 0 aliphatic rings. The molecule has 0 radical (unpaired) electrons. The van der Waals surface area contributed by atoms with Crippen molar-refractivity contribution in [1.29, 1.82) is 0 Å². The van der Waals surface area contributed by atoms with Gasteiger partial charge in [0.1, 0.15) is 6.54 Å². The van der Waals surface area contributed by atoms with Gasteiger partial charge in [0.25, 0.3) is 5.91 Å². The molecule has 1 atom stereocenters. The average Bonchev–Trinajstić information content (AvgIpc) is 2.52. The maximum atomic E-state index is 12.2. The predicted molar refractivity (Wildman–Crippen MR) is 84.9 cm³/mol. The molecule has 1 amide bonds. The van der Waals surface area contributed by atoms with Gasteiger partial charge in [0.05, 0.1) is 13.2 Å². The van der Waals surface area contributed by atoms with Gasteiger partial charge in [-0.1, -0.05) is 17.7 Å². The molecule has 0 saturated heterocycles. The summed E-state index contributed by atoms with van der Waals surface area (Å²) in [5.41, 5.74) is 1.65. The molecule has 1 rings (SSSR count). The van der Waals surface area contributed by atoms with Crippen LogP contribution in [-0.4, -0.2) is 43.6 Å². The number of amides is 1. The zero-order chi connectivity index (χ0) is 17.2. The van der Waals surface area contributed by atoms with E-state index < -0.39 is 23.9 Å².